The summed E-state index contributed by atoms with van der Waals surface area (Å²) in [5.41, 5.74) is 2.97. The number of rotatable bonds is 4. The van der Waals surface area contributed by atoms with E-state index in [9.17, 15) is 4.79 Å². The fraction of sp³-hybridized carbons (Fsp3) is 0.588. The molecule has 1 fully saturated rings. The van der Waals surface area contributed by atoms with Gasteiger partial charge >= 0.3 is 0 Å². The predicted octanol–water partition coefficient (Wildman–Crippen LogP) is 4.08. The van der Waals surface area contributed by atoms with Gasteiger partial charge in [0.1, 0.15) is 6.61 Å². The molecule has 104 valence electrons. The number of Topliss-reactive ketones (excluding diaryl/α,β-unsaturated/α-hetero) is 1. The topological polar surface area (TPSA) is 26.3 Å². The van der Waals surface area contributed by atoms with Gasteiger partial charge in [0.2, 0.25) is 0 Å². The van der Waals surface area contributed by atoms with Gasteiger partial charge in [-0.15, -0.1) is 0 Å². The minimum Gasteiger partial charge on any atom is -0.370 e. The fourth-order valence-electron chi connectivity index (χ4n) is 2.84. The van der Waals surface area contributed by atoms with E-state index in [1.165, 1.54) is 12.8 Å². The van der Waals surface area contributed by atoms with Gasteiger partial charge in [-0.1, -0.05) is 37.5 Å². The van der Waals surface area contributed by atoms with Crippen LogP contribution < -0.4 is 0 Å². The summed E-state index contributed by atoms with van der Waals surface area (Å²) in [7, 11) is 0. The Hall–Kier alpha value is -1.15. The average Bonchev–Trinajstić information content (AvgIpc) is 2.39. The van der Waals surface area contributed by atoms with E-state index in [1.54, 1.807) is 0 Å². The van der Waals surface area contributed by atoms with Gasteiger partial charge in [-0.3, -0.25) is 4.79 Å². The van der Waals surface area contributed by atoms with E-state index < -0.39 is 0 Å². The van der Waals surface area contributed by atoms with Crippen LogP contribution in [0.25, 0.3) is 0 Å². The van der Waals surface area contributed by atoms with Gasteiger partial charge in [0.25, 0.3) is 0 Å². The molecule has 2 rings (SSSR count). The highest BCUT2D eigenvalue weighted by Gasteiger charge is 2.20. The van der Waals surface area contributed by atoms with Gasteiger partial charge in [0.15, 0.2) is 5.78 Å². The largest absolute Gasteiger partial charge is 0.370 e. The highest BCUT2D eigenvalue weighted by molar-refractivity contribution is 5.98. The molecule has 0 aliphatic heterocycles. The molecule has 0 bridgehead atoms. The number of hydrogen-bond donors (Lipinski definition) is 0. The second-order valence-electron chi connectivity index (χ2n) is 5.95. The Balaban J connectivity index is 1.92. The third-order valence-corrected chi connectivity index (χ3v) is 4.03. The quantitative estimate of drug-likeness (QED) is 0.762. The molecule has 0 saturated heterocycles. The van der Waals surface area contributed by atoms with Gasteiger partial charge in [0, 0.05) is 5.56 Å². The maximum atomic E-state index is 12.2. The van der Waals surface area contributed by atoms with Gasteiger partial charge in [-0.05, 0) is 44.2 Å². The predicted molar refractivity (Wildman–Crippen MR) is 77.6 cm³/mol. The zero-order valence-electron chi connectivity index (χ0n) is 12.2. The van der Waals surface area contributed by atoms with Crippen molar-refractivity contribution < 1.29 is 9.53 Å². The molecule has 0 heterocycles. The van der Waals surface area contributed by atoms with E-state index in [4.69, 9.17) is 4.74 Å². The van der Waals surface area contributed by atoms with E-state index in [1.807, 2.05) is 32.0 Å². The number of aryl methyl sites for hydroxylation is 2. The number of hydrogen-bond acceptors (Lipinski definition) is 2. The van der Waals surface area contributed by atoms with Crippen LogP contribution in [0, 0.1) is 19.8 Å². The molecule has 0 amide bonds. The van der Waals surface area contributed by atoms with Crippen LogP contribution >= 0.6 is 0 Å². The molecule has 1 aliphatic rings. The Bertz CT molecular complexity index is 451. The molecule has 0 spiro atoms. The van der Waals surface area contributed by atoms with Crippen molar-refractivity contribution in [1.82, 2.24) is 0 Å². The minimum absolute atomic E-state index is 0.111. The lowest BCUT2D eigenvalue weighted by atomic mass is 9.89. The van der Waals surface area contributed by atoms with Crippen LogP contribution in [0.5, 0.6) is 0 Å². The van der Waals surface area contributed by atoms with Crippen LogP contribution in [0.3, 0.4) is 0 Å². The Kier molecular flexibility index (Phi) is 4.76. The summed E-state index contributed by atoms with van der Waals surface area (Å²) in [6.45, 7) is 6.49. The molecule has 19 heavy (non-hydrogen) atoms. The van der Waals surface area contributed by atoms with Crippen LogP contribution in [0.2, 0.25) is 0 Å². The van der Waals surface area contributed by atoms with Crippen molar-refractivity contribution in [1.29, 1.82) is 0 Å². The van der Waals surface area contributed by atoms with Gasteiger partial charge in [-0.2, -0.15) is 0 Å². The summed E-state index contributed by atoms with van der Waals surface area (Å²) in [6, 6.07) is 6.01. The molecule has 0 N–H and O–H groups in total. The number of ketones is 1. The highest BCUT2D eigenvalue weighted by Crippen LogP contribution is 2.25. The van der Waals surface area contributed by atoms with Crippen LogP contribution in [-0.4, -0.2) is 18.5 Å². The molecule has 1 aromatic carbocycles. The second-order valence-corrected chi connectivity index (χ2v) is 5.95. The van der Waals surface area contributed by atoms with Gasteiger partial charge in [0.05, 0.1) is 6.10 Å². The molecule has 2 nitrogen and oxygen atoms in total. The van der Waals surface area contributed by atoms with Crippen LogP contribution in [0.15, 0.2) is 18.2 Å². The summed E-state index contributed by atoms with van der Waals surface area (Å²) in [6.07, 6.45) is 5.00. The third-order valence-electron chi connectivity index (χ3n) is 4.03. The summed E-state index contributed by atoms with van der Waals surface area (Å²) in [5.74, 6) is 0.842. The lowest BCUT2D eigenvalue weighted by molar-refractivity contribution is 0.0182. The molecule has 1 aliphatic carbocycles. The summed E-state index contributed by atoms with van der Waals surface area (Å²) < 4.78 is 5.81. The Morgan fingerprint density at radius 3 is 2.84 bits per heavy atom. The van der Waals surface area contributed by atoms with Crippen molar-refractivity contribution in [3.8, 4) is 0 Å². The summed E-state index contributed by atoms with van der Waals surface area (Å²) in [5, 5.41) is 0. The summed E-state index contributed by atoms with van der Waals surface area (Å²) in [4.78, 5) is 12.2. The number of carbonyl (C=O) groups is 1. The molecule has 0 radical (unpaired) electrons. The van der Waals surface area contributed by atoms with E-state index in [0.29, 0.717) is 0 Å². The molecule has 0 aromatic heterocycles. The minimum atomic E-state index is 0.111. The maximum absolute atomic E-state index is 12.2. The van der Waals surface area contributed by atoms with Gasteiger partial charge in [-0.25, -0.2) is 0 Å². The first-order valence-corrected chi connectivity index (χ1v) is 7.28. The van der Waals surface area contributed by atoms with Crippen LogP contribution in [0.1, 0.15) is 54.1 Å². The first-order chi connectivity index (χ1) is 9.06. The van der Waals surface area contributed by atoms with Crippen molar-refractivity contribution in [2.75, 3.05) is 6.61 Å². The van der Waals surface area contributed by atoms with E-state index in [2.05, 4.69) is 6.92 Å². The molecular weight excluding hydrogens is 236 g/mol. The maximum Gasteiger partial charge on any atom is 0.188 e. The van der Waals surface area contributed by atoms with Crippen molar-refractivity contribution in [3.05, 3.63) is 34.9 Å². The smallest absolute Gasteiger partial charge is 0.188 e. The highest BCUT2D eigenvalue weighted by atomic mass is 16.5. The van der Waals surface area contributed by atoms with Crippen LogP contribution in [-0.2, 0) is 4.74 Å². The fourth-order valence-corrected chi connectivity index (χ4v) is 2.84. The first kappa shape index (κ1) is 14.3. The molecule has 2 unspecified atom stereocenters. The third kappa shape index (κ3) is 3.90. The zero-order valence-corrected chi connectivity index (χ0v) is 12.2. The number of ether oxygens (including phenoxy) is 1. The molecule has 1 saturated carbocycles. The van der Waals surface area contributed by atoms with Crippen molar-refractivity contribution in [2.45, 2.75) is 52.6 Å². The standard InChI is InChI=1S/C17H24O2/c1-12-5-4-6-15(9-12)19-11-17(18)16-10-13(2)7-8-14(16)3/h7-8,10,12,15H,4-6,9,11H2,1-3H3. The Morgan fingerprint density at radius 1 is 1.32 bits per heavy atom. The van der Waals surface area contributed by atoms with Crippen LogP contribution in [0.4, 0.5) is 0 Å². The molecule has 2 atom stereocenters. The second kappa shape index (κ2) is 6.33. The Labute approximate surface area is 116 Å². The van der Waals surface area contributed by atoms with E-state index in [0.717, 1.165) is 35.4 Å². The van der Waals surface area contributed by atoms with E-state index in [-0.39, 0.29) is 18.5 Å². The summed E-state index contributed by atoms with van der Waals surface area (Å²) >= 11 is 0. The average molecular weight is 260 g/mol. The van der Waals surface area contributed by atoms with Gasteiger partial charge < -0.3 is 4.74 Å². The number of benzene rings is 1. The van der Waals surface area contributed by atoms with Crippen molar-refractivity contribution >= 4 is 5.78 Å². The lowest BCUT2D eigenvalue weighted by Crippen LogP contribution is -2.24. The van der Waals surface area contributed by atoms with E-state index >= 15 is 0 Å². The molecule has 1 aromatic rings. The zero-order chi connectivity index (χ0) is 13.8. The van der Waals surface area contributed by atoms with Crippen molar-refractivity contribution in [3.63, 3.8) is 0 Å². The van der Waals surface area contributed by atoms with Crippen molar-refractivity contribution in [2.24, 2.45) is 5.92 Å². The number of carbonyl (C=O) groups excluding carboxylic acids is 1. The first-order valence-electron chi connectivity index (χ1n) is 7.28. The lowest BCUT2D eigenvalue weighted by Gasteiger charge is -2.26. The molecule has 2 heteroatoms. The SMILES string of the molecule is Cc1ccc(C)c(C(=O)COC2CCCC(C)C2)c1. The molecular formula is C17H24O2. The normalized spacial score (nSPS) is 23.3. The Morgan fingerprint density at radius 2 is 2.11 bits per heavy atom. The monoisotopic (exact) mass is 260 g/mol.